The third kappa shape index (κ3) is 4.75. The van der Waals surface area contributed by atoms with Gasteiger partial charge in [-0.2, -0.15) is 0 Å². The number of ether oxygens (including phenoxy) is 2. The van der Waals surface area contributed by atoms with Crippen molar-refractivity contribution in [1.82, 2.24) is 4.98 Å². The summed E-state index contributed by atoms with van der Waals surface area (Å²) in [5.74, 6) is 2.59. The van der Waals surface area contributed by atoms with Gasteiger partial charge in [0.05, 0.1) is 24.4 Å². The molecule has 0 unspecified atom stereocenters. The standard InChI is InChI=1S/C23H27NO2/c1-16(2)14-25-20-11-19(12-21(13-20)26-15-17(3)4)23-10-9-18-7-5-6-8-22(18)24-23/h5-13,16-17H,14-15H2,1-4H3. The quantitative estimate of drug-likeness (QED) is 0.526. The number of para-hydroxylation sites is 1. The normalized spacial score (nSPS) is 11.3. The molecule has 0 aliphatic carbocycles. The van der Waals surface area contributed by atoms with E-state index in [0.29, 0.717) is 25.0 Å². The van der Waals surface area contributed by atoms with Crippen LogP contribution in [-0.4, -0.2) is 18.2 Å². The van der Waals surface area contributed by atoms with Gasteiger partial charge in [0.1, 0.15) is 11.5 Å². The molecule has 0 amide bonds. The molecule has 26 heavy (non-hydrogen) atoms. The van der Waals surface area contributed by atoms with E-state index in [2.05, 4.69) is 45.9 Å². The van der Waals surface area contributed by atoms with Crippen molar-refractivity contribution in [1.29, 1.82) is 0 Å². The highest BCUT2D eigenvalue weighted by atomic mass is 16.5. The molecule has 0 N–H and O–H groups in total. The van der Waals surface area contributed by atoms with Crippen molar-refractivity contribution in [2.24, 2.45) is 11.8 Å². The maximum atomic E-state index is 5.96. The summed E-state index contributed by atoms with van der Waals surface area (Å²) in [6.45, 7) is 9.93. The van der Waals surface area contributed by atoms with Gasteiger partial charge >= 0.3 is 0 Å². The number of hydrogen-bond acceptors (Lipinski definition) is 3. The molecule has 3 heteroatoms. The minimum Gasteiger partial charge on any atom is -0.493 e. The van der Waals surface area contributed by atoms with Crippen LogP contribution < -0.4 is 9.47 Å². The maximum Gasteiger partial charge on any atom is 0.123 e. The first-order valence-electron chi connectivity index (χ1n) is 9.28. The predicted molar refractivity (Wildman–Crippen MR) is 108 cm³/mol. The zero-order valence-electron chi connectivity index (χ0n) is 16.0. The lowest BCUT2D eigenvalue weighted by molar-refractivity contribution is 0.258. The van der Waals surface area contributed by atoms with Gasteiger partial charge in [-0.1, -0.05) is 52.0 Å². The molecular formula is C23H27NO2. The lowest BCUT2D eigenvalue weighted by Gasteiger charge is -2.14. The van der Waals surface area contributed by atoms with E-state index in [4.69, 9.17) is 14.5 Å². The van der Waals surface area contributed by atoms with Crippen LogP contribution in [0, 0.1) is 11.8 Å². The molecule has 0 aliphatic rings. The first-order chi connectivity index (χ1) is 12.5. The summed E-state index contributed by atoms with van der Waals surface area (Å²) in [6, 6.07) is 18.4. The summed E-state index contributed by atoms with van der Waals surface area (Å²) in [6.07, 6.45) is 0. The van der Waals surface area contributed by atoms with E-state index in [-0.39, 0.29) is 0 Å². The Kier molecular flexibility index (Phi) is 5.77. The van der Waals surface area contributed by atoms with E-state index in [0.717, 1.165) is 33.7 Å². The van der Waals surface area contributed by atoms with Crippen molar-refractivity contribution in [3.63, 3.8) is 0 Å². The topological polar surface area (TPSA) is 31.4 Å². The smallest absolute Gasteiger partial charge is 0.123 e. The molecule has 0 bridgehead atoms. The van der Waals surface area contributed by atoms with Crippen LogP contribution >= 0.6 is 0 Å². The minimum atomic E-state index is 0.470. The molecule has 0 saturated carbocycles. The highest BCUT2D eigenvalue weighted by Crippen LogP contribution is 2.30. The second kappa shape index (κ2) is 8.22. The predicted octanol–water partition coefficient (Wildman–Crippen LogP) is 5.97. The van der Waals surface area contributed by atoms with E-state index in [1.54, 1.807) is 0 Å². The molecule has 0 spiro atoms. The van der Waals surface area contributed by atoms with E-state index >= 15 is 0 Å². The van der Waals surface area contributed by atoms with Crippen LogP contribution in [0.15, 0.2) is 54.6 Å². The molecule has 3 aromatic rings. The summed E-state index contributed by atoms with van der Waals surface area (Å²) >= 11 is 0. The Morgan fingerprint density at radius 3 is 2.00 bits per heavy atom. The highest BCUT2D eigenvalue weighted by Gasteiger charge is 2.09. The molecule has 3 nitrogen and oxygen atoms in total. The number of nitrogens with zero attached hydrogens (tertiary/aromatic N) is 1. The number of rotatable bonds is 7. The molecule has 1 aromatic heterocycles. The lowest BCUT2D eigenvalue weighted by Crippen LogP contribution is -2.07. The largest absolute Gasteiger partial charge is 0.493 e. The third-order valence-corrected chi connectivity index (χ3v) is 3.94. The van der Waals surface area contributed by atoms with Gasteiger partial charge in [-0.15, -0.1) is 0 Å². The van der Waals surface area contributed by atoms with Crippen LogP contribution in [0.3, 0.4) is 0 Å². The number of benzene rings is 2. The van der Waals surface area contributed by atoms with Crippen LogP contribution in [0.25, 0.3) is 22.2 Å². The van der Waals surface area contributed by atoms with Gasteiger partial charge in [-0.05, 0) is 36.1 Å². The Bertz CT molecular complexity index is 841. The summed E-state index contributed by atoms with van der Waals surface area (Å²) in [7, 11) is 0. The zero-order valence-corrected chi connectivity index (χ0v) is 16.0. The number of pyridine rings is 1. The van der Waals surface area contributed by atoms with Crippen molar-refractivity contribution in [2.75, 3.05) is 13.2 Å². The average Bonchev–Trinajstić information content (AvgIpc) is 2.64. The van der Waals surface area contributed by atoms with Crippen LogP contribution in [0.5, 0.6) is 11.5 Å². The molecule has 3 rings (SSSR count). The number of hydrogen-bond donors (Lipinski definition) is 0. The highest BCUT2D eigenvalue weighted by molar-refractivity contribution is 5.81. The first kappa shape index (κ1) is 18.2. The van der Waals surface area contributed by atoms with Crippen molar-refractivity contribution in [3.8, 4) is 22.8 Å². The van der Waals surface area contributed by atoms with E-state index in [9.17, 15) is 0 Å². The van der Waals surface area contributed by atoms with Gasteiger partial charge in [0.2, 0.25) is 0 Å². The molecule has 0 radical (unpaired) electrons. The Morgan fingerprint density at radius 1 is 0.769 bits per heavy atom. The molecule has 0 fully saturated rings. The van der Waals surface area contributed by atoms with Crippen LogP contribution in [-0.2, 0) is 0 Å². The SMILES string of the molecule is CC(C)COc1cc(OCC(C)C)cc(-c2ccc3ccccc3n2)c1. The summed E-state index contributed by atoms with van der Waals surface area (Å²) < 4.78 is 11.9. The van der Waals surface area contributed by atoms with Crippen molar-refractivity contribution in [2.45, 2.75) is 27.7 Å². The van der Waals surface area contributed by atoms with Gasteiger partial charge in [0.25, 0.3) is 0 Å². The van der Waals surface area contributed by atoms with Crippen LogP contribution in [0.2, 0.25) is 0 Å². The number of aromatic nitrogens is 1. The molecule has 0 aliphatic heterocycles. The monoisotopic (exact) mass is 349 g/mol. The van der Waals surface area contributed by atoms with Crippen molar-refractivity contribution < 1.29 is 9.47 Å². The first-order valence-corrected chi connectivity index (χ1v) is 9.28. The summed E-state index contributed by atoms with van der Waals surface area (Å²) in [5.41, 5.74) is 2.92. The summed E-state index contributed by atoms with van der Waals surface area (Å²) in [4.78, 5) is 4.81. The summed E-state index contributed by atoms with van der Waals surface area (Å²) in [5, 5.41) is 1.14. The fourth-order valence-corrected chi connectivity index (χ4v) is 2.64. The fourth-order valence-electron chi connectivity index (χ4n) is 2.64. The minimum absolute atomic E-state index is 0.470. The van der Waals surface area contributed by atoms with Crippen LogP contribution in [0.1, 0.15) is 27.7 Å². The molecule has 0 saturated heterocycles. The van der Waals surface area contributed by atoms with E-state index in [1.165, 1.54) is 0 Å². The van der Waals surface area contributed by atoms with E-state index in [1.807, 2.05) is 36.4 Å². The lowest BCUT2D eigenvalue weighted by atomic mass is 10.1. The number of fused-ring (bicyclic) bond motifs is 1. The van der Waals surface area contributed by atoms with Crippen molar-refractivity contribution in [3.05, 3.63) is 54.6 Å². The van der Waals surface area contributed by atoms with Gasteiger partial charge in [0, 0.05) is 17.0 Å². The Balaban J connectivity index is 1.96. The second-order valence-electron chi connectivity index (χ2n) is 7.49. The molecular weight excluding hydrogens is 322 g/mol. The molecule has 2 aromatic carbocycles. The fraction of sp³-hybridized carbons (Fsp3) is 0.348. The maximum absolute atomic E-state index is 5.96. The van der Waals surface area contributed by atoms with Gasteiger partial charge < -0.3 is 9.47 Å². The molecule has 136 valence electrons. The zero-order chi connectivity index (χ0) is 18.5. The third-order valence-electron chi connectivity index (χ3n) is 3.94. The van der Waals surface area contributed by atoms with Gasteiger partial charge in [-0.3, -0.25) is 0 Å². The average molecular weight is 349 g/mol. The van der Waals surface area contributed by atoms with E-state index < -0.39 is 0 Å². The molecule has 1 heterocycles. The molecule has 0 atom stereocenters. The van der Waals surface area contributed by atoms with Crippen molar-refractivity contribution >= 4 is 10.9 Å². The Labute approximate surface area is 156 Å². The Morgan fingerprint density at radius 2 is 1.38 bits per heavy atom. The Hall–Kier alpha value is -2.55. The second-order valence-corrected chi connectivity index (χ2v) is 7.49. The van der Waals surface area contributed by atoms with Crippen LogP contribution in [0.4, 0.5) is 0 Å². The van der Waals surface area contributed by atoms with Gasteiger partial charge in [0.15, 0.2) is 0 Å². The van der Waals surface area contributed by atoms with Gasteiger partial charge in [-0.25, -0.2) is 4.98 Å².